The number of ketones is 1. The lowest BCUT2D eigenvalue weighted by atomic mass is 9.87. The highest BCUT2D eigenvalue weighted by Gasteiger charge is 2.37. The number of quaternary nitrogens is 1. The summed E-state index contributed by atoms with van der Waals surface area (Å²) in [5.41, 5.74) is 4.33. The molecular formula is C24H30NO4+. The molecule has 0 aliphatic carbocycles. The number of carbonyl (C=O) groups excluding carboxylic acids is 1. The third kappa shape index (κ3) is 3.84. The molecule has 0 aromatic heterocycles. The van der Waals surface area contributed by atoms with E-state index in [2.05, 4.69) is 39.1 Å². The van der Waals surface area contributed by atoms with Crippen molar-refractivity contribution in [2.75, 3.05) is 27.5 Å². The Morgan fingerprint density at radius 2 is 2.00 bits per heavy atom. The van der Waals surface area contributed by atoms with Crippen LogP contribution in [0.2, 0.25) is 0 Å². The van der Waals surface area contributed by atoms with Gasteiger partial charge >= 0.3 is 0 Å². The molecule has 1 unspecified atom stereocenters. The minimum atomic E-state index is 0.0334. The van der Waals surface area contributed by atoms with Crippen molar-refractivity contribution in [1.29, 1.82) is 0 Å². The first-order chi connectivity index (χ1) is 14.0. The fourth-order valence-corrected chi connectivity index (χ4v) is 4.50. The largest absolute Gasteiger partial charge is 0.492 e. The van der Waals surface area contributed by atoms with Gasteiger partial charge in [-0.3, -0.25) is 4.79 Å². The van der Waals surface area contributed by atoms with Crippen molar-refractivity contribution in [1.82, 2.24) is 0 Å². The highest BCUT2D eigenvalue weighted by atomic mass is 16.7. The molecule has 2 aliphatic heterocycles. The zero-order chi connectivity index (χ0) is 20.5. The van der Waals surface area contributed by atoms with Gasteiger partial charge in [-0.25, -0.2) is 0 Å². The summed E-state index contributed by atoms with van der Waals surface area (Å²) in [5, 5.41) is 0. The molecule has 2 aromatic carbocycles. The second-order valence-electron chi connectivity index (χ2n) is 8.54. The predicted octanol–water partition coefficient (Wildman–Crippen LogP) is 3.01. The summed E-state index contributed by atoms with van der Waals surface area (Å²) in [4.78, 5) is 14.4. The normalized spacial score (nSPS) is 19.9. The van der Waals surface area contributed by atoms with E-state index in [-0.39, 0.29) is 18.6 Å². The summed E-state index contributed by atoms with van der Waals surface area (Å²) in [6, 6.07) is 10.2. The lowest BCUT2D eigenvalue weighted by Gasteiger charge is -2.32. The van der Waals surface area contributed by atoms with Crippen molar-refractivity contribution < 1.29 is 23.9 Å². The maximum atomic E-state index is 13.1. The van der Waals surface area contributed by atoms with Crippen LogP contribution >= 0.6 is 0 Å². The number of rotatable bonds is 6. The van der Waals surface area contributed by atoms with Crippen molar-refractivity contribution in [3.8, 4) is 17.2 Å². The molecule has 2 aliphatic rings. The van der Waals surface area contributed by atoms with Crippen molar-refractivity contribution in [2.45, 2.75) is 39.2 Å². The van der Waals surface area contributed by atoms with Gasteiger partial charge in [0.15, 0.2) is 17.3 Å². The standard InChI is InChI=1S/C24H29NO4/c1-15(2)11-16-5-7-17(8-6-16)20(26)13-19-22-18(9-10-25(19)3)12-21-23(24(22)27-4)29-14-28-21/h5-8,12,15,19H,9-11,13-14H2,1-4H3/p+1/t19-/m1/s1. The van der Waals surface area contributed by atoms with Gasteiger partial charge in [0.25, 0.3) is 0 Å². The fraction of sp³-hybridized carbons (Fsp3) is 0.458. The van der Waals surface area contributed by atoms with E-state index in [0.717, 1.165) is 42.0 Å². The zero-order valence-electron chi connectivity index (χ0n) is 17.7. The maximum Gasteiger partial charge on any atom is 0.231 e. The number of likely N-dealkylation sites (N-methyl/N-ethyl adjacent to an activating group) is 1. The Balaban J connectivity index is 1.62. The van der Waals surface area contributed by atoms with Crippen LogP contribution in [-0.2, 0) is 12.8 Å². The number of benzene rings is 2. The molecule has 29 heavy (non-hydrogen) atoms. The van der Waals surface area contributed by atoms with E-state index in [9.17, 15) is 4.79 Å². The Labute approximate surface area is 172 Å². The van der Waals surface area contributed by atoms with E-state index >= 15 is 0 Å². The van der Waals surface area contributed by atoms with Crippen LogP contribution in [0.15, 0.2) is 30.3 Å². The van der Waals surface area contributed by atoms with Crippen molar-refractivity contribution in [3.63, 3.8) is 0 Å². The monoisotopic (exact) mass is 396 g/mol. The summed E-state index contributed by atoms with van der Waals surface area (Å²) in [7, 11) is 3.81. The van der Waals surface area contributed by atoms with Gasteiger partial charge in [-0.15, -0.1) is 0 Å². The van der Waals surface area contributed by atoms with Gasteiger partial charge in [0.1, 0.15) is 6.04 Å². The Morgan fingerprint density at radius 1 is 1.24 bits per heavy atom. The number of methoxy groups -OCH3 is 1. The van der Waals surface area contributed by atoms with E-state index < -0.39 is 0 Å². The van der Waals surface area contributed by atoms with Gasteiger partial charge in [0.2, 0.25) is 12.5 Å². The molecule has 5 nitrogen and oxygen atoms in total. The zero-order valence-corrected chi connectivity index (χ0v) is 17.7. The molecule has 0 bridgehead atoms. The Bertz CT molecular complexity index is 904. The second kappa shape index (κ2) is 8.07. The first-order valence-corrected chi connectivity index (χ1v) is 10.4. The fourth-order valence-electron chi connectivity index (χ4n) is 4.50. The van der Waals surface area contributed by atoms with E-state index in [1.165, 1.54) is 16.0 Å². The van der Waals surface area contributed by atoms with Crippen molar-refractivity contribution in [2.24, 2.45) is 5.92 Å². The molecular weight excluding hydrogens is 366 g/mol. The topological polar surface area (TPSA) is 49.2 Å². The molecule has 0 fully saturated rings. The predicted molar refractivity (Wildman–Crippen MR) is 111 cm³/mol. The molecule has 4 rings (SSSR count). The van der Waals surface area contributed by atoms with Crippen LogP contribution in [0.3, 0.4) is 0 Å². The van der Waals surface area contributed by atoms with Crippen LogP contribution in [0.5, 0.6) is 17.2 Å². The Morgan fingerprint density at radius 3 is 2.69 bits per heavy atom. The molecule has 2 aromatic rings. The third-order valence-electron chi connectivity index (χ3n) is 5.99. The number of carbonyl (C=O) groups is 1. The van der Waals surface area contributed by atoms with Crippen LogP contribution < -0.4 is 19.1 Å². The van der Waals surface area contributed by atoms with Crippen LogP contribution in [-0.4, -0.2) is 33.3 Å². The molecule has 2 atom stereocenters. The van der Waals surface area contributed by atoms with Gasteiger partial charge < -0.3 is 19.1 Å². The lowest BCUT2D eigenvalue weighted by molar-refractivity contribution is -0.913. The average Bonchev–Trinajstić information content (AvgIpc) is 3.16. The van der Waals surface area contributed by atoms with Crippen LogP contribution in [0.4, 0.5) is 0 Å². The van der Waals surface area contributed by atoms with Gasteiger partial charge in [-0.05, 0) is 29.5 Å². The summed E-state index contributed by atoms with van der Waals surface area (Å²) < 4.78 is 17.0. The maximum absolute atomic E-state index is 13.1. The summed E-state index contributed by atoms with van der Waals surface area (Å²) in [6.07, 6.45) is 2.41. The minimum absolute atomic E-state index is 0.0334. The highest BCUT2D eigenvalue weighted by molar-refractivity contribution is 5.96. The van der Waals surface area contributed by atoms with E-state index in [0.29, 0.717) is 18.1 Å². The van der Waals surface area contributed by atoms with Crippen LogP contribution in [0, 0.1) is 5.92 Å². The summed E-state index contributed by atoms with van der Waals surface area (Å²) in [6.45, 7) is 5.60. The van der Waals surface area contributed by atoms with Gasteiger partial charge in [-0.2, -0.15) is 0 Å². The van der Waals surface area contributed by atoms with E-state index in [1.54, 1.807) is 7.11 Å². The molecule has 5 heteroatoms. The Kier molecular flexibility index (Phi) is 5.50. The van der Waals surface area contributed by atoms with Gasteiger partial charge in [0, 0.05) is 12.0 Å². The molecule has 0 spiro atoms. The van der Waals surface area contributed by atoms with Crippen molar-refractivity contribution >= 4 is 5.78 Å². The summed E-state index contributed by atoms with van der Waals surface area (Å²) in [5.74, 6) is 2.90. The van der Waals surface area contributed by atoms with Gasteiger partial charge in [0.05, 0.1) is 32.7 Å². The van der Waals surface area contributed by atoms with E-state index in [1.807, 2.05) is 12.1 Å². The summed E-state index contributed by atoms with van der Waals surface area (Å²) >= 11 is 0. The SMILES string of the molecule is COc1c2c(cc3c1[C@@H](CC(=O)c1ccc(CC(C)C)cc1)[NH+](C)CC3)OCO2. The molecule has 0 radical (unpaired) electrons. The Hall–Kier alpha value is -2.53. The number of hydrogen-bond acceptors (Lipinski definition) is 4. The minimum Gasteiger partial charge on any atom is -0.492 e. The molecule has 0 saturated carbocycles. The first kappa shape index (κ1) is 19.8. The molecule has 154 valence electrons. The lowest BCUT2D eigenvalue weighted by Crippen LogP contribution is -3.10. The number of fused-ring (bicyclic) bond motifs is 2. The van der Waals surface area contributed by atoms with Gasteiger partial charge in [-0.1, -0.05) is 38.1 Å². The second-order valence-corrected chi connectivity index (χ2v) is 8.54. The third-order valence-corrected chi connectivity index (χ3v) is 5.99. The number of Topliss-reactive ketones (excluding diaryl/α,β-unsaturated/α-hetero) is 1. The molecule has 2 heterocycles. The molecule has 0 amide bonds. The van der Waals surface area contributed by atoms with Crippen molar-refractivity contribution in [3.05, 3.63) is 52.6 Å². The molecule has 1 N–H and O–H groups in total. The smallest absolute Gasteiger partial charge is 0.231 e. The average molecular weight is 397 g/mol. The van der Waals surface area contributed by atoms with Crippen LogP contribution in [0.25, 0.3) is 0 Å². The van der Waals surface area contributed by atoms with E-state index in [4.69, 9.17) is 14.2 Å². The highest BCUT2D eigenvalue weighted by Crippen LogP contribution is 2.47. The molecule has 0 saturated heterocycles. The first-order valence-electron chi connectivity index (χ1n) is 10.4. The number of nitrogens with one attached hydrogen (secondary N) is 1. The van der Waals surface area contributed by atoms with Crippen LogP contribution in [0.1, 0.15) is 53.4 Å². The quantitative estimate of drug-likeness (QED) is 0.763. The number of hydrogen-bond donors (Lipinski definition) is 1. The number of ether oxygens (including phenoxy) is 3.